The highest BCUT2D eigenvalue weighted by Gasteiger charge is 2.45. The molecule has 40 heavy (non-hydrogen) atoms. The van der Waals surface area contributed by atoms with E-state index in [1.165, 1.54) is 12.0 Å². The lowest BCUT2D eigenvalue weighted by atomic mass is 10.1. The van der Waals surface area contributed by atoms with Crippen LogP contribution in [0.15, 0.2) is 48.9 Å². The first-order valence-corrected chi connectivity index (χ1v) is 14.8. The Morgan fingerprint density at radius 3 is 2.65 bits per heavy atom. The highest BCUT2D eigenvalue weighted by molar-refractivity contribution is 5.82. The molecule has 8 nitrogen and oxygen atoms in total. The fourth-order valence-electron chi connectivity index (χ4n) is 6.21. The number of rotatable bonds is 8. The summed E-state index contributed by atoms with van der Waals surface area (Å²) >= 11 is 0. The third-order valence-electron chi connectivity index (χ3n) is 9.39. The molecule has 2 atom stereocenters. The molecule has 1 aliphatic heterocycles. The number of benzene rings is 1. The third kappa shape index (κ3) is 5.17. The van der Waals surface area contributed by atoms with E-state index in [4.69, 9.17) is 4.98 Å². The fourth-order valence-corrected chi connectivity index (χ4v) is 6.21. The minimum Gasteiger partial charge on any atom is -0.342 e. The smallest absolute Gasteiger partial charge is 0.225 e. The molecule has 208 valence electrons. The summed E-state index contributed by atoms with van der Waals surface area (Å²) in [6, 6.07) is 11.0. The predicted molar refractivity (Wildman–Crippen MR) is 156 cm³/mol. The van der Waals surface area contributed by atoms with Crippen LogP contribution in [0.3, 0.4) is 0 Å². The Labute approximate surface area is 235 Å². The Balaban J connectivity index is 1.01. The summed E-state index contributed by atoms with van der Waals surface area (Å²) in [5.41, 5.74) is 7.01. The van der Waals surface area contributed by atoms with Crippen molar-refractivity contribution in [2.24, 2.45) is 17.3 Å². The normalized spacial score (nSPS) is 21.6. The molecule has 1 aromatic carbocycles. The molecule has 4 heterocycles. The van der Waals surface area contributed by atoms with Crippen molar-refractivity contribution in [2.75, 3.05) is 26.2 Å². The summed E-state index contributed by atoms with van der Waals surface area (Å²) in [6.45, 7) is 11.4. The highest BCUT2D eigenvalue weighted by Crippen LogP contribution is 2.52. The second-order valence-corrected chi connectivity index (χ2v) is 12.8. The monoisotopic (exact) mass is 537 g/mol. The third-order valence-corrected chi connectivity index (χ3v) is 9.39. The van der Waals surface area contributed by atoms with Crippen molar-refractivity contribution >= 4 is 16.9 Å². The van der Waals surface area contributed by atoms with Crippen molar-refractivity contribution in [3.8, 4) is 11.1 Å². The maximum atomic E-state index is 12.4. The van der Waals surface area contributed by atoms with Crippen molar-refractivity contribution < 1.29 is 4.79 Å². The van der Waals surface area contributed by atoms with Crippen LogP contribution in [0.4, 0.5) is 0 Å². The van der Waals surface area contributed by atoms with Crippen LogP contribution < -0.4 is 0 Å². The van der Waals surface area contributed by atoms with Gasteiger partial charge in [-0.2, -0.15) is 5.10 Å². The first-order chi connectivity index (χ1) is 19.3. The largest absolute Gasteiger partial charge is 0.342 e. The summed E-state index contributed by atoms with van der Waals surface area (Å²) in [5.74, 6) is 2.31. The van der Waals surface area contributed by atoms with E-state index < -0.39 is 0 Å². The molecule has 3 aliphatic rings. The van der Waals surface area contributed by atoms with Crippen LogP contribution >= 0.6 is 0 Å². The molecule has 3 fully saturated rings. The number of hydrogen-bond acceptors (Lipinski definition) is 5. The molecule has 3 aromatic heterocycles. The van der Waals surface area contributed by atoms with Crippen LogP contribution in [0.2, 0.25) is 0 Å². The van der Waals surface area contributed by atoms with Gasteiger partial charge in [0.1, 0.15) is 5.82 Å². The van der Waals surface area contributed by atoms with Crippen molar-refractivity contribution in [3.05, 3.63) is 66.0 Å². The second kappa shape index (κ2) is 9.84. The molecule has 1 N–H and O–H groups in total. The van der Waals surface area contributed by atoms with Gasteiger partial charge in [0.25, 0.3) is 0 Å². The van der Waals surface area contributed by atoms with Gasteiger partial charge in [-0.3, -0.25) is 19.4 Å². The molecule has 1 saturated heterocycles. The number of hydrogen-bond donors (Lipinski definition) is 1. The number of nitrogens with zero attached hydrogens (tertiary/aromatic N) is 6. The average Bonchev–Trinajstić information content (AvgIpc) is 3.79. The topological polar surface area (TPSA) is 82.9 Å². The Kier molecular flexibility index (Phi) is 6.26. The van der Waals surface area contributed by atoms with Crippen molar-refractivity contribution in [2.45, 2.75) is 59.0 Å². The number of imidazole rings is 1. The molecule has 2 unspecified atom stereocenters. The van der Waals surface area contributed by atoms with Gasteiger partial charge in [0.15, 0.2) is 0 Å². The van der Waals surface area contributed by atoms with Gasteiger partial charge in [-0.25, -0.2) is 4.98 Å². The molecule has 2 saturated carbocycles. The summed E-state index contributed by atoms with van der Waals surface area (Å²) < 4.78 is 2.09. The lowest BCUT2D eigenvalue weighted by molar-refractivity contribution is -0.134. The van der Waals surface area contributed by atoms with E-state index >= 15 is 0 Å². The maximum Gasteiger partial charge on any atom is 0.225 e. The van der Waals surface area contributed by atoms with Gasteiger partial charge >= 0.3 is 0 Å². The lowest BCUT2D eigenvalue weighted by Crippen LogP contribution is -2.49. The Morgan fingerprint density at radius 2 is 1.90 bits per heavy atom. The zero-order valence-electron chi connectivity index (χ0n) is 23.8. The SMILES string of the molecule is CC(c1ccnc(Cc2nc3ccc(-c4cnn(CC5CC5(C)C)c4)cc3[nH]2)c1)N1CCN(C(=O)C2CC2)CC1. The summed E-state index contributed by atoms with van der Waals surface area (Å²) in [4.78, 5) is 30.0. The molecule has 0 radical (unpaired) electrons. The van der Waals surface area contributed by atoms with Crippen LogP contribution in [0.5, 0.6) is 0 Å². The van der Waals surface area contributed by atoms with Crippen LogP contribution in [0, 0.1) is 17.3 Å². The van der Waals surface area contributed by atoms with E-state index in [0.717, 1.165) is 85.2 Å². The van der Waals surface area contributed by atoms with Gasteiger partial charge in [0, 0.05) is 74.8 Å². The minimum atomic E-state index is 0.282. The van der Waals surface area contributed by atoms with Gasteiger partial charge in [0.05, 0.1) is 17.2 Å². The predicted octanol–water partition coefficient (Wildman–Crippen LogP) is 5.07. The van der Waals surface area contributed by atoms with Gasteiger partial charge < -0.3 is 9.88 Å². The van der Waals surface area contributed by atoms with E-state index in [0.29, 0.717) is 23.7 Å². The van der Waals surface area contributed by atoms with E-state index in [9.17, 15) is 4.79 Å². The highest BCUT2D eigenvalue weighted by atomic mass is 16.2. The van der Waals surface area contributed by atoms with Crippen LogP contribution in [0.25, 0.3) is 22.2 Å². The number of carbonyl (C=O) groups is 1. The second-order valence-electron chi connectivity index (χ2n) is 12.8. The number of pyridine rings is 1. The summed E-state index contributed by atoms with van der Waals surface area (Å²) in [6.07, 6.45) is 10.1. The van der Waals surface area contributed by atoms with Crippen LogP contribution in [-0.4, -0.2) is 66.6 Å². The van der Waals surface area contributed by atoms with Crippen LogP contribution in [-0.2, 0) is 17.8 Å². The molecular formula is C32H39N7O. The van der Waals surface area contributed by atoms with E-state index in [1.807, 2.05) is 12.4 Å². The number of fused-ring (bicyclic) bond motifs is 1. The summed E-state index contributed by atoms with van der Waals surface area (Å²) in [5, 5.41) is 4.62. The molecule has 8 heteroatoms. The zero-order chi connectivity index (χ0) is 27.4. The zero-order valence-corrected chi connectivity index (χ0v) is 23.8. The quantitative estimate of drug-likeness (QED) is 0.339. The molecule has 0 spiro atoms. The molecule has 7 rings (SSSR count). The minimum absolute atomic E-state index is 0.282. The Bertz CT molecular complexity index is 1540. The molecule has 2 aliphatic carbocycles. The number of nitrogens with one attached hydrogen (secondary N) is 1. The standard InChI is InChI=1S/C32H39N7O/c1-21(37-10-12-38(13-11-37)31(40)22-4-5-22)23-8-9-33-27(14-23)16-30-35-28-7-6-24(15-29(28)36-30)25-18-34-39(19-25)20-26-17-32(26,2)3/h6-9,14-15,18-19,21-22,26H,4-5,10-13,16-17,20H2,1-3H3,(H,35,36). The van der Waals surface area contributed by atoms with E-state index in [2.05, 4.69) is 86.8 Å². The molecule has 0 bridgehead atoms. The van der Waals surface area contributed by atoms with E-state index in [-0.39, 0.29) is 6.04 Å². The molecule has 4 aromatic rings. The molecular weight excluding hydrogens is 498 g/mol. The first-order valence-electron chi connectivity index (χ1n) is 14.8. The van der Waals surface area contributed by atoms with Gasteiger partial charge in [-0.15, -0.1) is 0 Å². The molecule has 1 amide bonds. The number of H-pyrrole nitrogens is 1. The van der Waals surface area contributed by atoms with Gasteiger partial charge in [-0.05, 0) is 72.9 Å². The van der Waals surface area contributed by atoms with E-state index in [1.54, 1.807) is 0 Å². The lowest BCUT2D eigenvalue weighted by Gasteiger charge is -2.38. The number of carbonyl (C=O) groups excluding carboxylic acids is 1. The van der Waals surface area contributed by atoms with Crippen molar-refractivity contribution in [1.82, 2.24) is 34.5 Å². The Morgan fingerprint density at radius 1 is 1.10 bits per heavy atom. The number of aromatic amines is 1. The first kappa shape index (κ1) is 25.4. The fraction of sp³-hybridized carbons (Fsp3) is 0.500. The number of aromatic nitrogens is 5. The average molecular weight is 538 g/mol. The van der Waals surface area contributed by atoms with Crippen molar-refractivity contribution in [1.29, 1.82) is 0 Å². The van der Waals surface area contributed by atoms with Gasteiger partial charge in [0.2, 0.25) is 5.91 Å². The van der Waals surface area contributed by atoms with Crippen LogP contribution in [0.1, 0.15) is 63.2 Å². The number of piperazine rings is 1. The maximum absolute atomic E-state index is 12.4. The Hall–Kier alpha value is -3.52. The number of amides is 1. The summed E-state index contributed by atoms with van der Waals surface area (Å²) in [7, 11) is 0. The van der Waals surface area contributed by atoms with Gasteiger partial charge in [-0.1, -0.05) is 19.9 Å². The van der Waals surface area contributed by atoms with Crippen molar-refractivity contribution in [3.63, 3.8) is 0 Å².